The maximum Gasteiger partial charge on any atom is 0.432 e. The van der Waals surface area contributed by atoms with Crippen molar-refractivity contribution < 1.29 is 46.6 Å². The maximum absolute atomic E-state index is 15.4. The number of fused-ring (bicyclic) bond motifs is 5. The number of ether oxygens (including phenoxy) is 1. The van der Waals surface area contributed by atoms with Gasteiger partial charge in [0.05, 0.1) is 27.7 Å². The van der Waals surface area contributed by atoms with Gasteiger partial charge < -0.3 is 44.2 Å². The van der Waals surface area contributed by atoms with E-state index in [2.05, 4.69) is 15.6 Å². The number of carbonyl (C=O) groups is 4. The van der Waals surface area contributed by atoms with Gasteiger partial charge in [0.2, 0.25) is 0 Å². The Morgan fingerprint density at radius 3 is 2.43 bits per heavy atom. The van der Waals surface area contributed by atoms with Crippen molar-refractivity contribution in [2.75, 3.05) is 56.3 Å². The summed E-state index contributed by atoms with van der Waals surface area (Å²) in [4.78, 5) is 61.0. The first-order valence-corrected chi connectivity index (χ1v) is 18.3. The zero-order chi connectivity index (χ0) is 39.7. The van der Waals surface area contributed by atoms with Crippen LogP contribution >= 0.6 is 11.6 Å². The van der Waals surface area contributed by atoms with Crippen LogP contribution in [0.1, 0.15) is 49.6 Å². The van der Waals surface area contributed by atoms with Crippen molar-refractivity contribution in [2.45, 2.75) is 25.1 Å². The molecule has 3 aromatic heterocycles. The molecular weight excluding hydrogens is 757 g/mol. The lowest BCUT2D eigenvalue weighted by Crippen LogP contribution is -2.48. The minimum absolute atomic E-state index is 0.0179. The van der Waals surface area contributed by atoms with Gasteiger partial charge in [-0.05, 0) is 32.2 Å². The molecule has 2 aliphatic rings. The first kappa shape index (κ1) is 36.9. The Morgan fingerprint density at radius 2 is 1.75 bits per heavy atom. The molecule has 2 amide bonds. The molecule has 1 atom stereocenters. The van der Waals surface area contributed by atoms with E-state index in [0.717, 1.165) is 0 Å². The number of aryl methyl sites for hydroxylation is 1. The number of furan rings is 1. The molecule has 56 heavy (non-hydrogen) atoms. The van der Waals surface area contributed by atoms with E-state index in [1.54, 1.807) is 66.1 Å². The van der Waals surface area contributed by atoms with Gasteiger partial charge in [-0.1, -0.05) is 36.4 Å². The van der Waals surface area contributed by atoms with Crippen LogP contribution in [0.5, 0.6) is 5.75 Å². The zero-order valence-corrected chi connectivity index (χ0v) is 30.7. The number of nitrogens with zero attached hydrogens (tertiary/aromatic N) is 3. The van der Waals surface area contributed by atoms with Gasteiger partial charge in [0, 0.05) is 78.6 Å². The molecule has 0 aliphatic carbocycles. The van der Waals surface area contributed by atoms with Crippen molar-refractivity contribution >= 4 is 79.5 Å². The van der Waals surface area contributed by atoms with Gasteiger partial charge in [0.1, 0.15) is 17.0 Å². The van der Waals surface area contributed by atoms with Gasteiger partial charge in [0.15, 0.2) is 17.3 Å². The number of piperazine rings is 1. The highest BCUT2D eigenvalue weighted by atomic mass is 35.5. The van der Waals surface area contributed by atoms with Crippen LogP contribution in [0.2, 0.25) is 0 Å². The Kier molecular flexibility index (Phi) is 9.00. The van der Waals surface area contributed by atoms with Gasteiger partial charge >= 0.3 is 18.2 Å². The van der Waals surface area contributed by atoms with Crippen molar-refractivity contribution in [1.29, 1.82) is 0 Å². The van der Waals surface area contributed by atoms with Crippen LogP contribution in [0.3, 0.4) is 0 Å². The number of hydrogen-bond acceptors (Lipinski definition) is 8. The predicted octanol–water partition coefficient (Wildman–Crippen LogP) is 7.39. The summed E-state index contributed by atoms with van der Waals surface area (Å²) in [5, 5.41) is 17.0. The number of anilines is 2. The van der Waals surface area contributed by atoms with E-state index in [4.69, 9.17) is 20.8 Å². The van der Waals surface area contributed by atoms with Gasteiger partial charge in [-0.3, -0.25) is 9.59 Å². The number of Topliss-reactive ketones (excluding diaryl/α,β-unsaturated/α-hetero) is 1. The number of rotatable bonds is 8. The molecule has 13 nitrogen and oxygen atoms in total. The van der Waals surface area contributed by atoms with E-state index in [1.165, 1.54) is 11.0 Å². The van der Waals surface area contributed by atoms with E-state index < -0.39 is 63.4 Å². The number of benzene rings is 3. The van der Waals surface area contributed by atoms with E-state index in [-0.39, 0.29) is 47.2 Å². The smallest absolute Gasteiger partial charge is 0.432 e. The molecule has 0 saturated carbocycles. The Bertz CT molecular complexity index is 2570. The Balaban J connectivity index is 1.31. The SMILES string of the molecule is CCn1c(C(=O)C2(CCl)CNc3cc(OC(=O)N4CCN(C)CC4)c4[nH]c(C(F)(F)F)c(C(=O)O)c4c32)c(NC(=O)c2cc3ccccc3o2)c2ccccc21. The number of carbonyl (C=O) groups excluding carboxylic acids is 3. The number of H-pyrrole nitrogens is 1. The van der Waals surface area contributed by atoms with Crippen LogP contribution in [-0.4, -0.2) is 93.9 Å². The molecule has 17 heteroatoms. The highest BCUT2D eigenvalue weighted by molar-refractivity contribution is 6.27. The van der Waals surface area contributed by atoms with Crippen LogP contribution in [0, 0.1) is 0 Å². The van der Waals surface area contributed by atoms with E-state index in [0.29, 0.717) is 48.1 Å². The number of aromatic nitrogens is 2. The number of likely N-dealkylation sites (N-methyl/N-ethyl adjacent to an activating group) is 1. The van der Waals surface area contributed by atoms with E-state index in [9.17, 15) is 32.7 Å². The quantitative estimate of drug-likeness (QED) is 0.0910. The summed E-state index contributed by atoms with van der Waals surface area (Å²) in [6.07, 6.45) is -6.03. The number of carboxylic acids is 1. The molecule has 5 heterocycles. The first-order valence-electron chi connectivity index (χ1n) is 17.7. The summed E-state index contributed by atoms with van der Waals surface area (Å²) in [6.45, 7) is 3.40. The van der Waals surface area contributed by atoms with Crippen LogP contribution in [0.4, 0.5) is 29.3 Å². The second-order valence-corrected chi connectivity index (χ2v) is 14.1. The number of hydrogen-bond donors (Lipinski definition) is 4. The fraction of sp³-hybridized carbons (Fsp3) is 0.282. The second-order valence-electron chi connectivity index (χ2n) is 13.9. The summed E-state index contributed by atoms with van der Waals surface area (Å²) in [7, 11) is 1.88. The number of amides is 2. The topological polar surface area (TPSA) is 162 Å². The molecule has 1 saturated heterocycles. The van der Waals surface area contributed by atoms with E-state index in [1.807, 2.05) is 11.9 Å². The third kappa shape index (κ3) is 5.82. The molecule has 290 valence electrons. The fourth-order valence-corrected chi connectivity index (χ4v) is 8.18. The summed E-state index contributed by atoms with van der Waals surface area (Å²) in [5.41, 5.74) is -4.07. The van der Waals surface area contributed by atoms with Crippen LogP contribution in [-0.2, 0) is 18.1 Å². The molecule has 1 unspecified atom stereocenters. The predicted molar refractivity (Wildman–Crippen MR) is 202 cm³/mol. The number of halogens is 4. The van der Waals surface area contributed by atoms with Crippen LogP contribution in [0.15, 0.2) is 65.1 Å². The highest BCUT2D eigenvalue weighted by Crippen LogP contribution is 2.51. The first-order chi connectivity index (χ1) is 26.8. The lowest BCUT2D eigenvalue weighted by atomic mass is 9.76. The van der Waals surface area contributed by atoms with Crippen molar-refractivity contribution in [2.24, 2.45) is 0 Å². The molecule has 0 radical (unpaired) electrons. The number of carboxylic acid groups (broad SMARTS) is 1. The number of ketones is 1. The molecule has 4 N–H and O–H groups in total. The third-order valence-corrected chi connectivity index (χ3v) is 11.1. The van der Waals surface area contributed by atoms with Gasteiger partial charge in [-0.15, -0.1) is 11.6 Å². The zero-order valence-electron chi connectivity index (χ0n) is 30.0. The molecule has 0 spiro atoms. The van der Waals surface area contributed by atoms with Gasteiger partial charge in [-0.2, -0.15) is 13.2 Å². The molecule has 8 rings (SSSR count). The van der Waals surface area contributed by atoms with Crippen LogP contribution < -0.4 is 15.4 Å². The number of aromatic carboxylic acids is 1. The Hall–Kier alpha value is -6.00. The highest BCUT2D eigenvalue weighted by Gasteiger charge is 2.51. The maximum atomic E-state index is 15.4. The monoisotopic (exact) mass is 790 g/mol. The van der Waals surface area contributed by atoms with Crippen molar-refractivity contribution in [1.82, 2.24) is 19.4 Å². The normalized spacial score (nSPS) is 17.4. The lowest BCUT2D eigenvalue weighted by Gasteiger charge is -2.31. The molecule has 0 bridgehead atoms. The minimum atomic E-state index is -5.19. The molecule has 1 fully saturated rings. The summed E-state index contributed by atoms with van der Waals surface area (Å²) < 4.78 is 57.1. The molecule has 6 aromatic rings. The number of aromatic amines is 1. The Morgan fingerprint density at radius 1 is 1.04 bits per heavy atom. The number of nitrogens with one attached hydrogen (secondary N) is 3. The lowest BCUT2D eigenvalue weighted by molar-refractivity contribution is -0.141. The molecular formula is C39H34ClF3N6O7. The largest absolute Gasteiger partial charge is 0.478 e. The van der Waals surface area contributed by atoms with Crippen molar-refractivity contribution in [3.63, 3.8) is 0 Å². The van der Waals surface area contributed by atoms with Crippen LogP contribution in [0.25, 0.3) is 32.8 Å². The summed E-state index contributed by atoms with van der Waals surface area (Å²) >= 11 is 6.75. The number of para-hydroxylation sites is 2. The molecule has 2 aliphatic heterocycles. The summed E-state index contributed by atoms with van der Waals surface area (Å²) in [5.74, 6) is -4.22. The average Bonchev–Trinajstić information content (AvgIpc) is 3.95. The summed E-state index contributed by atoms with van der Waals surface area (Å²) in [6, 6.07) is 16.8. The van der Waals surface area contributed by atoms with E-state index >= 15 is 4.79 Å². The molecule has 3 aromatic carbocycles. The fourth-order valence-electron chi connectivity index (χ4n) is 7.83. The van der Waals surface area contributed by atoms with Gasteiger partial charge in [-0.25, -0.2) is 9.59 Å². The van der Waals surface area contributed by atoms with Crippen molar-refractivity contribution in [3.8, 4) is 5.75 Å². The average molecular weight is 791 g/mol. The van der Waals surface area contributed by atoms with Gasteiger partial charge in [0.25, 0.3) is 5.91 Å². The standard InChI is InChI=1S/C39H34ClF3N6O7/c1-3-49-23-10-6-5-9-21(23)30(46-35(51)26-16-20-8-4-7-11-24(20)55-26)32(49)34(50)38(18-40)19-44-22-17-25(56-37(54)48-14-12-47(2)13-15-48)31-27(29(22)38)28(36(52)53)33(45-31)39(41,42)43/h4-11,16-17,44-45H,3,12-15,18-19H2,1-2H3,(H,46,51)(H,52,53). The minimum Gasteiger partial charge on any atom is -0.478 e. The number of alkyl halides is 4. The third-order valence-electron chi connectivity index (χ3n) is 10.6. The Labute approximate surface area is 320 Å². The van der Waals surface area contributed by atoms with Crippen molar-refractivity contribution in [3.05, 3.63) is 88.9 Å². The second kappa shape index (κ2) is 13.6.